The van der Waals surface area contributed by atoms with E-state index < -0.39 is 47.8 Å². The Labute approximate surface area is 261 Å². The summed E-state index contributed by atoms with van der Waals surface area (Å²) in [4.78, 5) is 43.4. The molecule has 0 atom stereocenters. The molecule has 14 nitrogen and oxygen atoms in total. The zero-order valence-corrected chi connectivity index (χ0v) is 25.5. The standard InChI is InChI=1S/C30H25N3O11S2/c34-25-11-12-26(35)33(25)44-27(36)8-2-1-5-14-32-15-13-22(21-6-3-4-7-23(21)32)30-31-28-20-10-9-19(45(37,38)39)16-18(20)17-24(29(28)43-30)46(40,41)42/h3-4,6-7,9-10,13,15-17H,1-2,5,8,11-12,14H2,(H-,37,38,39,40,41,42)/p-1. The summed E-state index contributed by atoms with van der Waals surface area (Å²) in [5.41, 5.74) is 1.00. The molecule has 1 fully saturated rings. The monoisotopic (exact) mass is 666 g/mol. The molecule has 3 heterocycles. The summed E-state index contributed by atoms with van der Waals surface area (Å²) in [6.07, 6.45) is 3.71. The molecule has 0 radical (unpaired) electrons. The Bertz CT molecular complexity index is 2280. The summed E-state index contributed by atoms with van der Waals surface area (Å²) < 4.78 is 79.1. The van der Waals surface area contributed by atoms with Crippen molar-refractivity contribution in [2.75, 3.05) is 0 Å². The van der Waals surface area contributed by atoms with Crippen LogP contribution in [0, 0.1) is 0 Å². The molecule has 0 aliphatic carbocycles. The normalized spacial score (nSPS) is 14.2. The Kier molecular flexibility index (Phi) is 8.05. The fourth-order valence-electron chi connectivity index (χ4n) is 5.41. The van der Waals surface area contributed by atoms with Crippen LogP contribution in [0.1, 0.15) is 38.5 Å². The van der Waals surface area contributed by atoms with Crippen LogP contribution in [-0.2, 0) is 46.0 Å². The second-order valence-electron chi connectivity index (χ2n) is 10.7. The molecule has 46 heavy (non-hydrogen) atoms. The van der Waals surface area contributed by atoms with Gasteiger partial charge in [0.1, 0.15) is 32.3 Å². The third kappa shape index (κ3) is 6.06. The highest BCUT2D eigenvalue weighted by atomic mass is 32.2. The van der Waals surface area contributed by atoms with Crippen molar-refractivity contribution in [3.05, 3.63) is 60.8 Å². The topological polar surface area (TPSA) is 208 Å². The van der Waals surface area contributed by atoms with Crippen LogP contribution < -0.4 is 4.57 Å². The van der Waals surface area contributed by atoms with E-state index in [1.807, 2.05) is 22.8 Å². The Balaban J connectivity index is 1.26. The van der Waals surface area contributed by atoms with Crippen molar-refractivity contribution in [1.82, 2.24) is 10.0 Å². The molecule has 16 heteroatoms. The van der Waals surface area contributed by atoms with Gasteiger partial charge in [-0.2, -0.15) is 4.57 Å². The second kappa shape index (κ2) is 11.9. The molecule has 0 N–H and O–H groups in total. The fraction of sp³-hybridized carbons (Fsp3) is 0.233. The number of imide groups is 1. The number of carbonyl (C=O) groups is 3. The third-order valence-corrected chi connectivity index (χ3v) is 9.28. The van der Waals surface area contributed by atoms with E-state index in [4.69, 9.17) is 9.25 Å². The number of unbranched alkanes of at least 4 members (excludes halogenated alkanes) is 2. The number of hydroxylamine groups is 2. The highest BCUT2D eigenvalue weighted by Crippen LogP contribution is 2.37. The quantitative estimate of drug-likeness (QED) is 0.0912. The first-order valence-electron chi connectivity index (χ1n) is 14.1. The Hall–Kier alpha value is -4.77. The fourth-order valence-corrected chi connectivity index (χ4v) is 6.55. The van der Waals surface area contributed by atoms with Crippen molar-refractivity contribution < 1.29 is 54.1 Å². The lowest BCUT2D eigenvalue weighted by molar-refractivity contribution is -0.671. The number of benzene rings is 3. The first-order chi connectivity index (χ1) is 21.8. The molecule has 238 valence electrons. The molecule has 0 spiro atoms. The number of pyridine rings is 1. The van der Waals surface area contributed by atoms with E-state index in [-0.39, 0.29) is 47.0 Å². The summed E-state index contributed by atoms with van der Waals surface area (Å²) >= 11 is 0. The summed E-state index contributed by atoms with van der Waals surface area (Å²) in [5.74, 6) is -1.69. The molecular formula is C30H24N3O11S2-. The number of para-hydroxylation sites is 1. The van der Waals surface area contributed by atoms with Crippen LogP contribution in [0.15, 0.2) is 75.0 Å². The number of amides is 2. The lowest BCUT2D eigenvalue weighted by Gasteiger charge is -2.12. The van der Waals surface area contributed by atoms with E-state index in [2.05, 4.69) is 4.98 Å². The average molecular weight is 667 g/mol. The molecule has 0 saturated carbocycles. The number of rotatable bonds is 10. The van der Waals surface area contributed by atoms with Crippen LogP contribution >= 0.6 is 0 Å². The van der Waals surface area contributed by atoms with E-state index in [0.29, 0.717) is 41.8 Å². The molecule has 2 aromatic heterocycles. The summed E-state index contributed by atoms with van der Waals surface area (Å²) in [7, 11) is -9.95. The zero-order valence-electron chi connectivity index (χ0n) is 23.9. The maximum atomic E-state index is 12.2. The largest absolute Gasteiger partial charge is 0.744 e. The number of aromatic nitrogens is 2. The lowest BCUT2D eigenvalue weighted by Crippen LogP contribution is -2.34. The highest BCUT2D eigenvalue weighted by molar-refractivity contribution is 7.86. The minimum atomic E-state index is -5.10. The Morgan fingerprint density at radius 1 is 0.913 bits per heavy atom. The van der Waals surface area contributed by atoms with Gasteiger partial charge in [0.05, 0.1) is 20.7 Å². The SMILES string of the molecule is O=C(CCCCC[n+]1ccc(-c2nc3c(o2)c(S(=O)(=O)[O-])cc2cc(S(=O)(=O)[O-])ccc23)c2ccccc21)ON1C(=O)CCC1=O. The molecule has 1 aliphatic rings. The predicted molar refractivity (Wildman–Crippen MR) is 156 cm³/mol. The zero-order chi connectivity index (χ0) is 32.8. The summed E-state index contributed by atoms with van der Waals surface area (Å²) in [5, 5.41) is 1.53. The summed E-state index contributed by atoms with van der Waals surface area (Å²) in [6.45, 7) is 0.570. The van der Waals surface area contributed by atoms with Crippen LogP contribution in [0.4, 0.5) is 0 Å². The van der Waals surface area contributed by atoms with Crippen LogP contribution in [0.2, 0.25) is 0 Å². The van der Waals surface area contributed by atoms with Crippen molar-refractivity contribution in [1.29, 1.82) is 0 Å². The minimum Gasteiger partial charge on any atom is -0.744 e. The van der Waals surface area contributed by atoms with Gasteiger partial charge in [0.2, 0.25) is 11.4 Å². The van der Waals surface area contributed by atoms with Gasteiger partial charge in [-0.3, -0.25) is 9.59 Å². The molecule has 1 aliphatic heterocycles. The van der Waals surface area contributed by atoms with Crippen molar-refractivity contribution in [2.24, 2.45) is 0 Å². The minimum absolute atomic E-state index is 0.00886. The lowest BCUT2D eigenvalue weighted by atomic mass is 10.1. The number of hydrogen-bond acceptors (Lipinski definition) is 12. The molecule has 5 aromatic rings. The van der Waals surface area contributed by atoms with Gasteiger partial charge in [0.15, 0.2) is 11.8 Å². The van der Waals surface area contributed by atoms with Gasteiger partial charge < -0.3 is 18.4 Å². The van der Waals surface area contributed by atoms with Crippen molar-refractivity contribution in [3.8, 4) is 11.5 Å². The van der Waals surface area contributed by atoms with Gasteiger partial charge in [0, 0.05) is 43.2 Å². The van der Waals surface area contributed by atoms with Crippen LogP contribution in [-0.4, -0.2) is 53.8 Å². The van der Waals surface area contributed by atoms with Crippen LogP contribution in [0.3, 0.4) is 0 Å². The molecular weight excluding hydrogens is 642 g/mol. The van der Waals surface area contributed by atoms with Gasteiger partial charge in [0.25, 0.3) is 11.8 Å². The Morgan fingerprint density at radius 3 is 2.37 bits per heavy atom. The predicted octanol–water partition coefficient (Wildman–Crippen LogP) is 3.06. The number of hydrogen-bond donors (Lipinski definition) is 0. The number of carbonyl (C=O) groups excluding carboxylic acids is 3. The van der Waals surface area contributed by atoms with Gasteiger partial charge in [-0.25, -0.2) is 26.6 Å². The maximum Gasteiger partial charge on any atom is 0.333 e. The maximum absolute atomic E-state index is 12.2. The molecule has 3 aromatic carbocycles. The van der Waals surface area contributed by atoms with E-state index >= 15 is 0 Å². The number of nitrogens with zero attached hydrogens (tertiary/aromatic N) is 3. The van der Waals surface area contributed by atoms with Crippen LogP contribution in [0.25, 0.3) is 44.2 Å². The molecule has 6 rings (SSSR count). The molecule has 1 saturated heterocycles. The van der Waals surface area contributed by atoms with Crippen molar-refractivity contribution in [2.45, 2.75) is 54.9 Å². The van der Waals surface area contributed by atoms with E-state index in [9.17, 15) is 40.3 Å². The van der Waals surface area contributed by atoms with E-state index in [1.54, 1.807) is 18.3 Å². The van der Waals surface area contributed by atoms with E-state index in [1.165, 1.54) is 6.07 Å². The van der Waals surface area contributed by atoms with Gasteiger partial charge in [-0.15, -0.1) is 5.06 Å². The Morgan fingerprint density at radius 2 is 1.65 bits per heavy atom. The van der Waals surface area contributed by atoms with Crippen molar-refractivity contribution in [3.63, 3.8) is 0 Å². The summed E-state index contributed by atoms with van der Waals surface area (Å²) in [6, 6.07) is 13.4. The van der Waals surface area contributed by atoms with Crippen LogP contribution in [0.5, 0.6) is 0 Å². The molecule has 0 unspecified atom stereocenters. The third-order valence-electron chi connectivity index (χ3n) is 7.61. The number of oxazole rings is 1. The number of fused-ring (bicyclic) bond motifs is 4. The van der Waals surface area contributed by atoms with Crippen molar-refractivity contribution >= 4 is 70.8 Å². The average Bonchev–Trinajstić information content (AvgIpc) is 3.58. The van der Waals surface area contributed by atoms with Gasteiger partial charge >= 0.3 is 5.97 Å². The first kappa shape index (κ1) is 31.2. The van der Waals surface area contributed by atoms with E-state index in [0.717, 1.165) is 23.7 Å². The molecule has 2 amide bonds. The highest BCUT2D eigenvalue weighted by Gasteiger charge is 2.32. The number of aryl methyl sites for hydroxylation is 1. The molecule has 0 bridgehead atoms. The van der Waals surface area contributed by atoms with Gasteiger partial charge in [-0.05, 0) is 42.5 Å². The smallest absolute Gasteiger partial charge is 0.333 e. The first-order valence-corrected chi connectivity index (χ1v) is 16.9. The van der Waals surface area contributed by atoms with Gasteiger partial charge in [-0.1, -0.05) is 18.2 Å². The second-order valence-corrected chi connectivity index (χ2v) is 13.4.